The lowest BCUT2D eigenvalue weighted by molar-refractivity contribution is 0.447. The third kappa shape index (κ3) is 3.92. The molecule has 106 valence electrons. The minimum atomic E-state index is -3.94. The topological polar surface area (TPSA) is 63.4 Å². The Morgan fingerprint density at radius 1 is 1.37 bits per heavy atom. The van der Waals surface area contributed by atoms with E-state index in [1.165, 1.54) is 0 Å². The van der Waals surface area contributed by atoms with Crippen molar-refractivity contribution in [2.45, 2.75) is 18.2 Å². The molecule has 4 nitrogen and oxygen atoms in total. The first-order valence-electron chi connectivity index (χ1n) is 5.52. The molecule has 0 heterocycles. The third-order valence-electron chi connectivity index (χ3n) is 2.33. The van der Waals surface area contributed by atoms with Crippen LogP contribution in [0.3, 0.4) is 0 Å². The Balaban J connectivity index is 3.18. The average Bonchev–Trinajstić information content (AvgIpc) is 2.31. The highest BCUT2D eigenvalue weighted by atomic mass is 32.2. The summed E-state index contributed by atoms with van der Waals surface area (Å²) in [6.07, 6.45) is 0.547. The fraction of sp³-hybridized carbons (Fsp3) is 0.364. The lowest BCUT2D eigenvalue weighted by Gasteiger charge is -2.21. The van der Waals surface area contributed by atoms with E-state index in [9.17, 15) is 17.2 Å². The van der Waals surface area contributed by atoms with Crippen LogP contribution in [0.4, 0.5) is 8.78 Å². The summed E-state index contributed by atoms with van der Waals surface area (Å²) < 4.78 is 51.5. The molecule has 0 spiro atoms. The molecule has 0 aromatic heterocycles. The average molecular weight is 308 g/mol. The number of halogens is 2. The Hall–Kier alpha value is -1.12. The van der Waals surface area contributed by atoms with Crippen molar-refractivity contribution in [3.8, 4) is 0 Å². The highest BCUT2D eigenvalue weighted by molar-refractivity contribution is 7.89. The minimum Gasteiger partial charge on any atom is -0.392 e. The maximum atomic E-state index is 13.1. The summed E-state index contributed by atoms with van der Waals surface area (Å²) in [5.41, 5.74) is 5.34. The van der Waals surface area contributed by atoms with Gasteiger partial charge in [-0.15, -0.1) is 0 Å². The fourth-order valence-electron chi connectivity index (χ4n) is 1.49. The zero-order valence-corrected chi connectivity index (χ0v) is 11.9. The molecular weight excluding hydrogens is 294 g/mol. The van der Waals surface area contributed by atoms with E-state index in [2.05, 4.69) is 12.2 Å². The molecule has 0 atom stereocenters. The summed E-state index contributed by atoms with van der Waals surface area (Å²) in [6, 6.07) is 2.43. The summed E-state index contributed by atoms with van der Waals surface area (Å²) in [5.74, 6) is -2.32. The Morgan fingerprint density at radius 3 is 2.47 bits per heavy atom. The van der Waals surface area contributed by atoms with Gasteiger partial charge in [0.25, 0.3) is 0 Å². The van der Waals surface area contributed by atoms with Crippen molar-refractivity contribution in [1.82, 2.24) is 4.31 Å². The molecule has 0 aliphatic heterocycles. The van der Waals surface area contributed by atoms with Crippen molar-refractivity contribution < 1.29 is 17.2 Å². The van der Waals surface area contributed by atoms with E-state index in [4.69, 9.17) is 5.73 Å². The number of thiocarbonyl (C=S) groups is 1. The molecule has 19 heavy (non-hydrogen) atoms. The molecule has 0 saturated carbocycles. The molecule has 0 aliphatic rings. The van der Waals surface area contributed by atoms with Crippen molar-refractivity contribution in [2.24, 2.45) is 5.73 Å². The van der Waals surface area contributed by atoms with Gasteiger partial charge in [0.1, 0.15) is 0 Å². The molecule has 0 saturated heterocycles. The largest absolute Gasteiger partial charge is 0.392 e. The summed E-state index contributed by atoms with van der Waals surface area (Å²) in [7, 11) is -3.94. The lowest BCUT2D eigenvalue weighted by atomic mass is 10.3. The van der Waals surface area contributed by atoms with Gasteiger partial charge in [0.2, 0.25) is 10.0 Å². The monoisotopic (exact) mass is 308 g/mol. The third-order valence-corrected chi connectivity index (χ3v) is 4.30. The van der Waals surface area contributed by atoms with Gasteiger partial charge < -0.3 is 5.73 Å². The Morgan fingerprint density at radius 2 is 2.00 bits per heavy atom. The fourth-order valence-corrected chi connectivity index (χ4v) is 3.25. The number of hydrogen-bond acceptors (Lipinski definition) is 3. The minimum absolute atomic E-state index is 0.0135. The van der Waals surface area contributed by atoms with Gasteiger partial charge in [0, 0.05) is 6.54 Å². The number of hydrogen-bond donors (Lipinski definition) is 1. The Labute approximate surface area is 116 Å². The number of nitrogens with zero attached hydrogens (tertiary/aromatic N) is 1. The van der Waals surface area contributed by atoms with Crippen LogP contribution in [0.2, 0.25) is 0 Å². The highest BCUT2D eigenvalue weighted by Crippen LogP contribution is 2.18. The molecule has 8 heteroatoms. The van der Waals surface area contributed by atoms with Crippen LogP contribution in [0.5, 0.6) is 0 Å². The predicted octanol–water partition coefficient (Wildman–Crippen LogP) is 1.65. The van der Waals surface area contributed by atoms with E-state index < -0.39 is 21.7 Å². The van der Waals surface area contributed by atoms with E-state index in [0.717, 1.165) is 16.4 Å². The number of rotatable bonds is 6. The van der Waals surface area contributed by atoms with E-state index in [0.29, 0.717) is 12.5 Å². The summed E-state index contributed by atoms with van der Waals surface area (Å²) in [5, 5.41) is 0. The normalized spacial score (nSPS) is 11.8. The van der Waals surface area contributed by atoms with Crippen molar-refractivity contribution in [3.63, 3.8) is 0 Å². The molecule has 1 aromatic carbocycles. The molecular formula is C11H14F2N2O2S2. The van der Waals surface area contributed by atoms with Gasteiger partial charge in [-0.25, -0.2) is 17.2 Å². The lowest BCUT2D eigenvalue weighted by Crippen LogP contribution is -2.38. The van der Waals surface area contributed by atoms with Crippen LogP contribution in [0.25, 0.3) is 0 Å². The van der Waals surface area contributed by atoms with Gasteiger partial charge in [-0.2, -0.15) is 4.31 Å². The van der Waals surface area contributed by atoms with Gasteiger partial charge in [-0.1, -0.05) is 19.1 Å². The second-order valence-corrected chi connectivity index (χ2v) is 6.34. The molecule has 0 unspecified atom stereocenters. The van der Waals surface area contributed by atoms with Crippen LogP contribution < -0.4 is 5.73 Å². The van der Waals surface area contributed by atoms with Crippen LogP contribution in [0, 0.1) is 11.6 Å². The molecule has 0 bridgehead atoms. The molecule has 0 amide bonds. The molecule has 0 radical (unpaired) electrons. The first-order valence-corrected chi connectivity index (χ1v) is 7.37. The predicted molar refractivity (Wildman–Crippen MR) is 72.2 cm³/mol. The van der Waals surface area contributed by atoms with Gasteiger partial charge in [-0.05, 0) is 24.6 Å². The number of benzene rings is 1. The zero-order chi connectivity index (χ0) is 14.6. The summed E-state index contributed by atoms with van der Waals surface area (Å²) in [4.78, 5) is -0.310. The van der Waals surface area contributed by atoms with E-state index in [-0.39, 0.29) is 23.0 Å². The second-order valence-electron chi connectivity index (χ2n) is 3.88. The van der Waals surface area contributed by atoms with Crippen LogP contribution in [0.15, 0.2) is 23.1 Å². The van der Waals surface area contributed by atoms with Gasteiger partial charge in [0.05, 0.1) is 16.4 Å². The summed E-state index contributed by atoms with van der Waals surface area (Å²) in [6.45, 7) is 1.84. The first kappa shape index (κ1) is 15.9. The smallest absolute Gasteiger partial charge is 0.243 e. The number of nitrogens with two attached hydrogens (primary N) is 1. The van der Waals surface area contributed by atoms with E-state index in [1.54, 1.807) is 6.92 Å². The maximum Gasteiger partial charge on any atom is 0.243 e. The number of sulfonamides is 1. The highest BCUT2D eigenvalue weighted by Gasteiger charge is 2.25. The second kappa shape index (κ2) is 6.36. The van der Waals surface area contributed by atoms with Crippen molar-refractivity contribution in [3.05, 3.63) is 29.8 Å². The zero-order valence-electron chi connectivity index (χ0n) is 10.3. The molecule has 0 aliphatic carbocycles. The van der Waals surface area contributed by atoms with Gasteiger partial charge in [0.15, 0.2) is 11.6 Å². The SMILES string of the molecule is CCCN(CC(N)=S)S(=O)(=O)c1ccc(F)c(F)c1. The molecule has 2 N–H and O–H groups in total. The maximum absolute atomic E-state index is 13.1. The van der Waals surface area contributed by atoms with E-state index in [1.807, 2.05) is 0 Å². The summed E-state index contributed by atoms with van der Waals surface area (Å²) >= 11 is 4.69. The first-order chi connectivity index (χ1) is 8.78. The van der Waals surface area contributed by atoms with E-state index >= 15 is 0 Å². The standard InChI is InChI=1S/C11H14F2N2O2S2/c1-2-5-15(7-11(14)18)19(16,17)8-3-4-9(12)10(13)6-8/h3-4,6H,2,5,7H2,1H3,(H2,14,18). The molecule has 1 aromatic rings. The van der Waals surface area contributed by atoms with Gasteiger partial charge >= 0.3 is 0 Å². The Kier molecular flexibility index (Phi) is 5.33. The van der Waals surface area contributed by atoms with Crippen LogP contribution >= 0.6 is 12.2 Å². The van der Waals surface area contributed by atoms with Crippen molar-refractivity contribution >= 4 is 27.2 Å². The van der Waals surface area contributed by atoms with Crippen molar-refractivity contribution in [1.29, 1.82) is 0 Å². The van der Waals surface area contributed by atoms with Crippen LogP contribution in [-0.4, -0.2) is 30.8 Å². The molecule has 0 fully saturated rings. The quantitative estimate of drug-likeness (QED) is 0.812. The van der Waals surface area contributed by atoms with Crippen LogP contribution in [-0.2, 0) is 10.0 Å². The van der Waals surface area contributed by atoms with Gasteiger partial charge in [-0.3, -0.25) is 0 Å². The van der Waals surface area contributed by atoms with Crippen molar-refractivity contribution in [2.75, 3.05) is 13.1 Å². The Bertz CT molecular complexity index is 576. The van der Waals surface area contributed by atoms with Crippen LogP contribution in [0.1, 0.15) is 13.3 Å². The molecule has 1 rings (SSSR count).